The number of rotatable bonds is 5. The maximum Gasteiger partial charge on any atom is 0.419 e. The molecular weight excluding hydrogens is 459 g/mol. The first-order chi connectivity index (χ1) is 16.5. The minimum absolute atomic E-state index is 0.0337. The van der Waals surface area contributed by atoms with Crippen molar-refractivity contribution in [3.63, 3.8) is 0 Å². The summed E-state index contributed by atoms with van der Waals surface area (Å²) >= 11 is 0. The van der Waals surface area contributed by atoms with E-state index in [1.165, 1.54) is 11.0 Å². The third-order valence-electron chi connectivity index (χ3n) is 5.74. The maximum absolute atomic E-state index is 13.7. The van der Waals surface area contributed by atoms with Gasteiger partial charge < -0.3 is 20.4 Å². The zero-order valence-electron chi connectivity index (χ0n) is 19.4. The highest BCUT2D eigenvalue weighted by Crippen LogP contribution is 2.38. The molecule has 2 amide bonds. The summed E-state index contributed by atoms with van der Waals surface area (Å²) in [5.74, 6) is -0.116. The van der Waals surface area contributed by atoms with Gasteiger partial charge in [-0.25, -0.2) is 4.98 Å². The summed E-state index contributed by atoms with van der Waals surface area (Å²) < 4.78 is 41.2. The number of benzene rings is 2. The number of aryl methyl sites for hydroxylation is 1. The number of nitrogens with one attached hydrogen (secondary N) is 2. The first-order valence-electron chi connectivity index (χ1n) is 10.9. The van der Waals surface area contributed by atoms with Crippen LogP contribution >= 0.6 is 0 Å². The van der Waals surface area contributed by atoms with Crippen molar-refractivity contribution in [1.29, 1.82) is 0 Å². The second-order valence-corrected chi connectivity index (χ2v) is 8.40. The fourth-order valence-corrected chi connectivity index (χ4v) is 3.90. The molecule has 0 saturated heterocycles. The summed E-state index contributed by atoms with van der Waals surface area (Å²) in [5.41, 5.74) is 1.68. The Balaban J connectivity index is 1.68. The van der Waals surface area contributed by atoms with Crippen LogP contribution in [-0.2, 0) is 17.4 Å². The quantitative estimate of drug-likeness (QED) is 0.522. The number of nitrogens with zero attached hydrogens (tertiary/aromatic N) is 3. The molecule has 0 radical (unpaired) electrons. The topological polar surface area (TPSA) is 77.6 Å². The van der Waals surface area contributed by atoms with Gasteiger partial charge in [0.1, 0.15) is 5.82 Å². The number of amides is 2. The van der Waals surface area contributed by atoms with E-state index in [0.717, 1.165) is 17.4 Å². The number of aromatic nitrogens is 1. The Morgan fingerprint density at radius 3 is 2.49 bits per heavy atom. The van der Waals surface area contributed by atoms with Crippen LogP contribution in [-0.4, -0.2) is 42.8 Å². The Morgan fingerprint density at radius 2 is 1.77 bits per heavy atom. The monoisotopic (exact) mass is 483 g/mol. The van der Waals surface area contributed by atoms with Crippen molar-refractivity contribution in [2.75, 3.05) is 36.7 Å². The predicted octanol–water partition coefficient (Wildman–Crippen LogP) is 5.20. The number of pyridine rings is 1. The van der Waals surface area contributed by atoms with Gasteiger partial charge in [0.05, 0.1) is 22.5 Å². The average molecular weight is 483 g/mol. The first-order valence-corrected chi connectivity index (χ1v) is 10.9. The van der Waals surface area contributed by atoms with Gasteiger partial charge in [-0.1, -0.05) is 12.1 Å². The summed E-state index contributed by atoms with van der Waals surface area (Å²) in [6.45, 7) is 0. The van der Waals surface area contributed by atoms with Crippen LogP contribution in [0.25, 0.3) is 0 Å². The normalized spacial score (nSPS) is 13.3. The van der Waals surface area contributed by atoms with E-state index < -0.39 is 11.7 Å². The van der Waals surface area contributed by atoms with Crippen molar-refractivity contribution in [1.82, 2.24) is 9.88 Å². The second-order valence-electron chi connectivity index (χ2n) is 8.40. The molecule has 7 nitrogen and oxygen atoms in total. The fourth-order valence-electron chi connectivity index (χ4n) is 3.90. The van der Waals surface area contributed by atoms with Gasteiger partial charge in [0.15, 0.2) is 0 Å². The van der Waals surface area contributed by atoms with Crippen LogP contribution in [0.3, 0.4) is 0 Å². The fraction of sp³-hybridized carbons (Fsp3) is 0.240. The summed E-state index contributed by atoms with van der Waals surface area (Å²) in [5, 5.41) is 5.82. The number of fused-ring (bicyclic) bond motifs is 1. The Morgan fingerprint density at radius 1 is 1.03 bits per heavy atom. The molecule has 0 saturated carbocycles. The zero-order chi connectivity index (χ0) is 25.3. The smallest absolute Gasteiger partial charge is 0.354 e. The van der Waals surface area contributed by atoms with Crippen molar-refractivity contribution < 1.29 is 22.8 Å². The summed E-state index contributed by atoms with van der Waals surface area (Å²) in [7, 11) is 4.85. The minimum Gasteiger partial charge on any atom is -0.354 e. The Kier molecular flexibility index (Phi) is 6.38. The van der Waals surface area contributed by atoms with E-state index in [9.17, 15) is 22.8 Å². The van der Waals surface area contributed by atoms with Gasteiger partial charge in [-0.15, -0.1) is 0 Å². The van der Waals surface area contributed by atoms with Crippen LogP contribution in [0.1, 0.15) is 27.9 Å². The third-order valence-corrected chi connectivity index (χ3v) is 5.74. The highest BCUT2D eigenvalue weighted by Gasteiger charge is 2.34. The van der Waals surface area contributed by atoms with E-state index in [2.05, 4.69) is 15.6 Å². The Hall–Kier alpha value is -4.08. The van der Waals surface area contributed by atoms with E-state index in [1.807, 2.05) is 6.07 Å². The van der Waals surface area contributed by atoms with Crippen molar-refractivity contribution in [3.05, 3.63) is 71.4 Å². The standard InChI is InChI=1S/C25H24F3N5O2/c1-32(2)24(35)17-6-4-5-7-19(17)31-20-13-22(29-14-18(20)25(26,27)28)30-16-9-10-21-15(12-16)8-11-23(34)33(21)3/h4-7,9-10,12-14H,8,11H2,1-3H3,(H2,29,30,31). The van der Waals surface area contributed by atoms with Crippen molar-refractivity contribution in [2.45, 2.75) is 19.0 Å². The highest BCUT2D eigenvalue weighted by molar-refractivity contribution is 6.00. The lowest BCUT2D eigenvalue weighted by Gasteiger charge is -2.26. The molecule has 0 spiro atoms. The number of carbonyl (C=O) groups excluding carboxylic acids is 2. The van der Waals surface area contributed by atoms with Gasteiger partial charge in [0.2, 0.25) is 5.91 Å². The zero-order valence-corrected chi connectivity index (χ0v) is 19.4. The van der Waals surface area contributed by atoms with Gasteiger partial charge in [0.25, 0.3) is 5.91 Å². The number of carbonyl (C=O) groups is 2. The molecule has 0 atom stereocenters. The molecule has 1 aromatic heterocycles. The van der Waals surface area contributed by atoms with Crippen molar-refractivity contribution in [2.24, 2.45) is 0 Å². The van der Waals surface area contributed by atoms with Crippen molar-refractivity contribution >= 4 is 40.4 Å². The summed E-state index contributed by atoms with van der Waals surface area (Å²) in [6, 6.07) is 13.0. The molecule has 2 aromatic carbocycles. The van der Waals surface area contributed by atoms with Gasteiger partial charge in [-0.2, -0.15) is 13.2 Å². The number of alkyl halides is 3. The molecule has 0 aliphatic carbocycles. The Bertz CT molecular complexity index is 1290. The molecule has 0 fully saturated rings. The molecule has 35 heavy (non-hydrogen) atoms. The minimum atomic E-state index is -4.66. The van der Waals surface area contributed by atoms with Crippen molar-refractivity contribution in [3.8, 4) is 0 Å². The number of hydrogen-bond donors (Lipinski definition) is 2. The van der Waals surface area contributed by atoms with Crippen LogP contribution in [0.15, 0.2) is 54.7 Å². The predicted molar refractivity (Wildman–Crippen MR) is 128 cm³/mol. The third kappa shape index (κ3) is 5.06. The van der Waals surface area contributed by atoms with Gasteiger partial charge in [0, 0.05) is 51.2 Å². The van der Waals surface area contributed by atoms with Gasteiger partial charge in [-0.3, -0.25) is 9.59 Å². The number of para-hydroxylation sites is 1. The molecule has 3 aromatic rings. The lowest BCUT2D eigenvalue weighted by Crippen LogP contribution is -2.31. The molecule has 1 aliphatic heterocycles. The molecule has 1 aliphatic rings. The van der Waals surface area contributed by atoms with E-state index in [1.54, 1.807) is 62.4 Å². The largest absolute Gasteiger partial charge is 0.419 e. The van der Waals surface area contributed by atoms with Crippen LogP contribution in [0.2, 0.25) is 0 Å². The van der Waals surface area contributed by atoms with Gasteiger partial charge >= 0.3 is 6.18 Å². The molecule has 10 heteroatoms. The molecular formula is C25H24F3N5O2. The number of hydrogen-bond acceptors (Lipinski definition) is 5. The van der Waals surface area contributed by atoms with E-state index >= 15 is 0 Å². The molecule has 182 valence electrons. The summed E-state index contributed by atoms with van der Waals surface area (Å²) in [6.07, 6.45) is -2.92. The molecule has 2 N–H and O–H groups in total. The summed E-state index contributed by atoms with van der Waals surface area (Å²) in [4.78, 5) is 31.3. The van der Waals surface area contributed by atoms with E-state index in [-0.39, 0.29) is 34.6 Å². The van der Waals surface area contributed by atoms with Gasteiger partial charge in [-0.05, 0) is 42.3 Å². The second kappa shape index (κ2) is 9.28. The Labute approximate surface area is 200 Å². The maximum atomic E-state index is 13.7. The van der Waals surface area contributed by atoms with Crippen LogP contribution in [0, 0.1) is 0 Å². The first kappa shape index (κ1) is 24.1. The molecule has 2 heterocycles. The van der Waals surface area contributed by atoms with Crippen LogP contribution < -0.4 is 15.5 Å². The van der Waals surface area contributed by atoms with E-state index in [0.29, 0.717) is 18.5 Å². The molecule has 0 unspecified atom stereocenters. The highest BCUT2D eigenvalue weighted by atomic mass is 19.4. The molecule has 0 bridgehead atoms. The SMILES string of the molecule is CN(C)C(=O)c1ccccc1Nc1cc(Nc2ccc3c(c2)CCC(=O)N3C)ncc1C(F)(F)F. The number of anilines is 5. The van der Waals surface area contributed by atoms with E-state index in [4.69, 9.17) is 0 Å². The average Bonchev–Trinajstić information content (AvgIpc) is 2.81. The lowest BCUT2D eigenvalue weighted by molar-refractivity contribution is -0.137. The van der Waals surface area contributed by atoms with Crippen LogP contribution in [0.4, 0.5) is 41.7 Å². The number of halogens is 3. The lowest BCUT2D eigenvalue weighted by atomic mass is 10.0. The van der Waals surface area contributed by atoms with Crippen LogP contribution in [0.5, 0.6) is 0 Å². The molecule has 4 rings (SSSR count).